The molecule has 7 heteroatoms. The highest BCUT2D eigenvalue weighted by Crippen LogP contribution is 2.31. The zero-order valence-electron chi connectivity index (χ0n) is 12.2. The lowest BCUT2D eigenvalue weighted by Gasteiger charge is -2.07. The number of hydrogen-bond acceptors (Lipinski definition) is 6. The van der Waals surface area contributed by atoms with Gasteiger partial charge in [0, 0.05) is 28.0 Å². The van der Waals surface area contributed by atoms with E-state index in [2.05, 4.69) is 22.9 Å². The fourth-order valence-electron chi connectivity index (χ4n) is 2.12. The Morgan fingerprint density at radius 1 is 1.26 bits per heavy atom. The lowest BCUT2D eigenvalue weighted by Crippen LogP contribution is -1.92. The Morgan fingerprint density at radius 3 is 2.83 bits per heavy atom. The van der Waals surface area contributed by atoms with Gasteiger partial charge in [-0.25, -0.2) is 4.98 Å². The fourth-order valence-corrected chi connectivity index (χ4v) is 3.05. The second-order valence-corrected chi connectivity index (χ2v) is 6.25. The maximum atomic E-state index is 10.9. The molecule has 0 fully saturated rings. The van der Waals surface area contributed by atoms with Crippen LogP contribution in [-0.4, -0.2) is 9.91 Å². The summed E-state index contributed by atoms with van der Waals surface area (Å²) in [5.74, 6) is 0. The number of aromatic nitrogens is 1. The summed E-state index contributed by atoms with van der Waals surface area (Å²) in [4.78, 5) is 15.8. The fraction of sp³-hybridized carbons (Fsp3) is 0.0625. The van der Waals surface area contributed by atoms with Crippen molar-refractivity contribution in [2.24, 2.45) is 0 Å². The van der Waals surface area contributed by atoms with Gasteiger partial charge in [0.1, 0.15) is 0 Å². The molecule has 0 aliphatic rings. The van der Waals surface area contributed by atoms with E-state index in [0.717, 1.165) is 21.7 Å². The Hall–Kier alpha value is -2.38. The van der Waals surface area contributed by atoms with Gasteiger partial charge in [-0.1, -0.05) is 24.3 Å². The molecule has 23 heavy (non-hydrogen) atoms. The number of anilines is 2. The molecule has 1 aromatic heterocycles. The average Bonchev–Trinajstić information content (AvgIpc) is 3.00. The van der Waals surface area contributed by atoms with Crippen molar-refractivity contribution in [1.82, 2.24) is 4.98 Å². The molecule has 2 aromatic carbocycles. The van der Waals surface area contributed by atoms with Crippen molar-refractivity contribution in [3.8, 4) is 11.3 Å². The molecule has 0 amide bonds. The summed E-state index contributed by atoms with van der Waals surface area (Å²) >= 11 is 5.94. The van der Waals surface area contributed by atoms with Crippen LogP contribution < -0.4 is 5.32 Å². The first-order chi connectivity index (χ1) is 11.0. The zero-order chi connectivity index (χ0) is 16.4. The first-order valence-corrected chi connectivity index (χ1v) is 8.13. The number of nitrogens with one attached hydrogen (secondary N) is 1. The minimum atomic E-state index is -0.408. The van der Waals surface area contributed by atoms with E-state index in [4.69, 9.17) is 0 Å². The molecule has 0 aliphatic heterocycles. The number of rotatable bonds is 4. The van der Waals surface area contributed by atoms with E-state index in [1.54, 1.807) is 6.07 Å². The van der Waals surface area contributed by atoms with Crippen LogP contribution in [0.3, 0.4) is 0 Å². The topological polar surface area (TPSA) is 68.1 Å². The molecule has 0 aliphatic carbocycles. The predicted molar refractivity (Wildman–Crippen MR) is 95.9 cm³/mol. The van der Waals surface area contributed by atoms with E-state index in [-0.39, 0.29) is 5.69 Å². The zero-order valence-corrected chi connectivity index (χ0v) is 13.9. The molecule has 0 radical (unpaired) electrons. The Kier molecular flexibility index (Phi) is 4.31. The molecule has 0 atom stereocenters. The Balaban J connectivity index is 1.87. The van der Waals surface area contributed by atoms with Crippen molar-refractivity contribution < 1.29 is 4.92 Å². The number of thiazole rings is 1. The van der Waals surface area contributed by atoms with Gasteiger partial charge in [0.15, 0.2) is 5.13 Å². The lowest BCUT2D eigenvalue weighted by molar-refractivity contribution is -0.384. The first kappa shape index (κ1) is 15.5. The van der Waals surface area contributed by atoms with Crippen LogP contribution in [0.5, 0.6) is 0 Å². The van der Waals surface area contributed by atoms with Crippen LogP contribution in [-0.2, 0) is 0 Å². The molecule has 116 valence electrons. The van der Waals surface area contributed by atoms with Gasteiger partial charge in [0.25, 0.3) is 5.69 Å². The van der Waals surface area contributed by atoms with Gasteiger partial charge in [-0.15, -0.1) is 24.0 Å². The van der Waals surface area contributed by atoms with Gasteiger partial charge in [-0.2, -0.15) is 0 Å². The summed E-state index contributed by atoms with van der Waals surface area (Å²) in [5.41, 5.74) is 3.44. The van der Waals surface area contributed by atoms with Crippen molar-refractivity contribution in [1.29, 1.82) is 0 Å². The van der Waals surface area contributed by atoms with Gasteiger partial charge >= 0.3 is 0 Å². The molecule has 5 nitrogen and oxygen atoms in total. The molecule has 0 bridgehead atoms. The van der Waals surface area contributed by atoms with Gasteiger partial charge in [0.2, 0.25) is 0 Å². The van der Waals surface area contributed by atoms with E-state index in [1.807, 2.05) is 36.6 Å². The molecule has 0 saturated carbocycles. The SMILES string of the molecule is Cc1cccc(Nc2nc(-c3cccc([N+](=O)[O-])c3)cs2)c1S. The number of thiol groups is 1. The number of aryl methyl sites for hydroxylation is 1. The highest BCUT2D eigenvalue weighted by atomic mass is 32.1. The molecule has 1 heterocycles. The van der Waals surface area contributed by atoms with Crippen LogP contribution in [0.1, 0.15) is 5.56 Å². The largest absolute Gasteiger partial charge is 0.331 e. The maximum absolute atomic E-state index is 10.9. The van der Waals surface area contributed by atoms with Crippen LogP contribution in [0.15, 0.2) is 52.7 Å². The van der Waals surface area contributed by atoms with Crippen LogP contribution in [0, 0.1) is 17.0 Å². The quantitative estimate of drug-likeness (QED) is 0.395. The van der Waals surface area contributed by atoms with Crippen molar-refractivity contribution in [2.45, 2.75) is 11.8 Å². The second kappa shape index (κ2) is 6.39. The van der Waals surface area contributed by atoms with Gasteiger partial charge in [-0.3, -0.25) is 10.1 Å². The number of non-ortho nitro benzene ring substituents is 1. The Labute approximate surface area is 142 Å². The molecule has 0 saturated heterocycles. The third-order valence-electron chi connectivity index (χ3n) is 3.34. The van der Waals surface area contributed by atoms with Crippen LogP contribution in [0.25, 0.3) is 11.3 Å². The molecule has 3 aromatic rings. The minimum Gasteiger partial charge on any atom is -0.331 e. The number of nitro benzene ring substituents is 1. The molecule has 3 rings (SSSR count). The number of benzene rings is 2. The number of nitro groups is 1. The average molecular weight is 343 g/mol. The second-order valence-electron chi connectivity index (χ2n) is 4.94. The smallest absolute Gasteiger partial charge is 0.270 e. The third-order valence-corrected chi connectivity index (χ3v) is 4.69. The van der Waals surface area contributed by atoms with Crippen molar-refractivity contribution in [2.75, 3.05) is 5.32 Å². The normalized spacial score (nSPS) is 10.5. The van der Waals surface area contributed by atoms with Crippen LogP contribution in [0.4, 0.5) is 16.5 Å². The maximum Gasteiger partial charge on any atom is 0.270 e. The van der Waals surface area contributed by atoms with Crippen LogP contribution >= 0.6 is 24.0 Å². The van der Waals surface area contributed by atoms with Crippen LogP contribution in [0.2, 0.25) is 0 Å². The summed E-state index contributed by atoms with van der Waals surface area (Å²) in [7, 11) is 0. The van der Waals surface area contributed by atoms with E-state index in [0.29, 0.717) is 10.8 Å². The molecular formula is C16H13N3O2S2. The standard InChI is InChI=1S/C16H13N3O2S2/c1-10-4-2-7-13(15(10)22)17-16-18-14(9-23-16)11-5-3-6-12(8-11)19(20)21/h2-9,22H,1H3,(H,17,18). The van der Waals surface area contributed by atoms with Crippen molar-refractivity contribution >= 4 is 40.5 Å². The number of hydrogen-bond donors (Lipinski definition) is 2. The Bertz CT molecular complexity index is 877. The monoisotopic (exact) mass is 343 g/mol. The van der Waals surface area contributed by atoms with Crippen molar-refractivity contribution in [3.05, 3.63) is 63.5 Å². The molecule has 0 unspecified atom stereocenters. The summed E-state index contributed by atoms with van der Waals surface area (Å²) in [6.07, 6.45) is 0. The predicted octanol–water partition coefficient (Wildman–Crippen LogP) is 5.06. The van der Waals surface area contributed by atoms with E-state index >= 15 is 0 Å². The summed E-state index contributed by atoms with van der Waals surface area (Å²) < 4.78 is 0. The third kappa shape index (κ3) is 3.35. The van der Waals surface area contributed by atoms with E-state index in [1.165, 1.54) is 23.5 Å². The molecule has 1 N–H and O–H groups in total. The number of nitrogens with zero attached hydrogens (tertiary/aromatic N) is 2. The van der Waals surface area contributed by atoms with Crippen molar-refractivity contribution in [3.63, 3.8) is 0 Å². The van der Waals surface area contributed by atoms with E-state index < -0.39 is 4.92 Å². The highest BCUT2D eigenvalue weighted by molar-refractivity contribution is 7.80. The molecule has 0 spiro atoms. The van der Waals surface area contributed by atoms with Gasteiger partial charge < -0.3 is 5.32 Å². The lowest BCUT2D eigenvalue weighted by atomic mass is 10.1. The van der Waals surface area contributed by atoms with E-state index in [9.17, 15) is 10.1 Å². The first-order valence-electron chi connectivity index (χ1n) is 6.80. The highest BCUT2D eigenvalue weighted by Gasteiger charge is 2.11. The minimum absolute atomic E-state index is 0.0568. The Morgan fingerprint density at radius 2 is 2.04 bits per heavy atom. The summed E-state index contributed by atoms with van der Waals surface area (Å²) in [5, 5.41) is 16.7. The summed E-state index contributed by atoms with van der Waals surface area (Å²) in [6.45, 7) is 1.99. The van der Waals surface area contributed by atoms with Gasteiger partial charge in [-0.05, 0) is 18.6 Å². The molecular weight excluding hydrogens is 330 g/mol. The van der Waals surface area contributed by atoms with Gasteiger partial charge in [0.05, 0.1) is 16.3 Å². The summed E-state index contributed by atoms with van der Waals surface area (Å²) in [6, 6.07) is 12.3.